The zero-order valence-corrected chi connectivity index (χ0v) is 15.8. The van der Waals surface area contributed by atoms with Gasteiger partial charge in [0.25, 0.3) is 0 Å². The van der Waals surface area contributed by atoms with Crippen molar-refractivity contribution in [3.63, 3.8) is 0 Å². The van der Waals surface area contributed by atoms with E-state index in [1.807, 2.05) is 0 Å². The number of allylic oxidation sites excluding steroid dienone is 3. The van der Waals surface area contributed by atoms with Gasteiger partial charge in [-0.2, -0.15) is 0 Å². The maximum Gasteiger partial charge on any atom is 0.184 e. The lowest BCUT2D eigenvalue weighted by Gasteiger charge is -2.37. The SMILES string of the molecule is CC(C)C1=C2C=C(C3(O[Si](C)(C)C)CC3)CC[C@@]2(C)CC1. The third-order valence-electron chi connectivity index (χ3n) is 5.69. The van der Waals surface area contributed by atoms with E-state index in [2.05, 4.69) is 46.5 Å². The molecule has 1 saturated carbocycles. The first-order valence-corrected chi connectivity index (χ1v) is 12.2. The predicted octanol–water partition coefficient (Wildman–Crippen LogP) is 5.84. The van der Waals surface area contributed by atoms with Gasteiger partial charge in [-0.25, -0.2) is 0 Å². The minimum absolute atomic E-state index is 0.142. The molecule has 0 bridgehead atoms. The lowest BCUT2D eigenvalue weighted by molar-refractivity contribution is 0.196. The van der Waals surface area contributed by atoms with Crippen LogP contribution < -0.4 is 0 Å². The molecule has 0 spiro atoms. The molecule has 1 atom stereocenters. The van der Waals surface area contributed by atoms with Gasteiger partial charge in [0.15, 0.2) is 8.32 Å². The van der Waals surface area contributed by atoms with Gasteiger partial charge >= 0.3 is 0 Å². The van der Waals surface area contributed by atoms with Gasteiger partial charge in [0.2, 0.25) is 0 Å². The normalized spacial score (nSPS) is 31.5. The Morgan fingerprint density at radius 1 is 1.05 bits per heavy atom. The second-order valence-corrected chi connectivity index (χ2v) is 13.5. The molecule has 1 nitrogen and oxygen atoms in total. The van der Waals surface area contributed by atoms with Crippen LogP contribution in [-0.4, -0.2) is 13.9 Å². The molecule has 21 heavy (non-hydrogen) atoms. The third-order valence-corrected chi connectivity index (χ3v) is 6.70. The van der Waals surface area contributed by atoms with Crippen LogP contribution in [-0.2, 0) is 4.43 Å². The average molecular weight is 305 g/mol. The van der Waals surface area contributed by atoms with Crippen LogP contribution in [0.3, 0.4) is 0 Å². The molecule has 2 heteroatoms. The Balaban J connectivity index is 1.94. The zero-order valence-electron chi connectivity index (χ0n) is 14.8. The molecule has 0 amide bonds. The Morgan fingerprint density at radius 2 is 1.67 bits per heavy atom. The fraction of sp³-hybridized carbons (Fsp3) is 0.789. The van der Waals surface area contributed by atoms with E-state index < -0.39 is 8.32 Å². The van der Waals surface area contributed by atoms with Crippen molar-refractivity contribution >= 4 is 8.32 Å². The number of fused-ring (bicyclic) bond motifs is 1. The maximum absolute atomic E-state index is 6.60. The molecule has 3 rings (SSSR count). The second-order valence-electron chi connectivity index (χ2n) is 9.03. The Morgan fingerprint density at radius 3 is 2.19 bits per heavy atom. The van der Waals surface area contributed by atoms with E-state index in [1.54, 1.807) is 16.7 Å². The molecule has 0 aromatic rings. The van der Waals surface area contributed by atoms with Crippen LogP contribution in [0.4, 0.5) is 0 Å². The van der Waals surface area contributed by atoms with Crippen LogP contribution >= 0.6 is 0 Å². The lowest BCUT2D eigenvalue weighted by Crippen LogP contribution is -2.36. The van der Waals surface area contributed by atoms with Crippen molar-refractivity contribution in [3.05, 3.63) is 22.8 Å². The molecule has 118 valence electrons. The molecule has 3 aliphatic carbocycles. The fourth-order valence-corrected chi connectivity index (χ4v) is 5.91. The van der Waals surface area contributed by atoms with Crippen LogP contribution in [0.25, 0.3) is 0 Å². The van der Waals surface area contributed by atoms with Gasteiger partial charge in [-0.05, 0) is 80.6 Å². The smallest absolute Gasteiger partial charge is 0.184 e. The van der Waals surface area contributed by atoms with Gasteiger partial charge in [0.1, 0.15) is 0 Å². The molecule has 0 radical (unpaired) electrons. The monoisotopic (exact) mass is 304 g/mol. The third kappa shape index (κ3) is 2.82. The quantitative estimate of drug-likeness (QED) is 0.592. The van der Waals surface area contributed by atoms with Crippen molar-refractivity contribution < 1.29 is 4.43 Å². The first-order chi connectivity index (χ1) is 9.65. The molecule has 0 N–H and O–H groups in total. The highest BCUT2D eigenvalue weighted by Crippen LogP contribution is 2.57. The van der Waals surface area contributed by atoms with E-state index >= 15 is 0 Å². The maximum atomic E-state index is 6.60. The predicted molar refractivity (Wildman–Crippen MR) is 92.9 cm³/mol. The summed E-state index contributed by atoms with van der Waals surface area (Å²) in [4.78, 5) is 0. The molecular formula is C19H32OSi. The Kier molecular flexibility index (Phi) is 3.57. The summed E-state index contributed by atoms with van der Waals surface area (Å²) in [6, 6.07) is 0. The van der Waals surface area contributed by atoms with Gasteiger partial charge in [-0.15, -0.1) is 0 Å². The summed E-state index contributed by atoms with van der Waals surface area (Å²) in [5.74, 6) is 0.700. The summed E-state index contributed by atoms with van der Waals surface area (Å²) in [6.07, 6.45) is 10.4. The Hall–Kier alpha value is -0.343. The molecule has 1 fully saturated rings. The van der Waals surface area contributed by atoms with Crippen molar-refractivity contribution in [1.82, 2.24) is 0 Å². The average Bonchev–Trinajstić information content (AvgIpc) is 3.01. The lowest BCUT2D eigenvalue weighted by atomic mass is 9.72. The Bertz CT molecular complexity index is 502. The van der Waals surface area contributed by atoms with E-state index in [-0.39, 0.29) is 5.60 Å². The van der Waals surface area contributed by atoms with Gasteiger partial charge in [0, 0.05) is 0 Å². The van der Waals surface area contributed by atoms with E-state index in [1.165, 1.54) is 38.5 Å². The van der Waals surface area contributed by atoms with Gasteiger partial charge in [-0.1, -0.05) is 32.4 Å². The summed E-state index contributed by atoms with van der Waals surface area (Å²) in [5.41, 5.74) is 5.63. The van der Waals surface area contributed by atoms with Crippen molar-refractivity contribution in [2.24, 2.45) is 11.3 Å². The summed E-state index contributed by atoms with van der Waals surface area (Å²) in [7, 11) is -1.46. The molecule has 0 saturated heterocycles. The van der Waals surface area contributed by atoms with Crippen molar-refractivity contribution in [1.29, 1.82) is 0 Å². The fourth-order valence-electron chi connectivity index (χ4n) is 4.40. The zero-order chi connectivity index (χ0) is 15.5. The number of rotatable bonds is 4. The van der Waals surface area contributed by atoms with Crippen molar-refractivity contribution in [2.75, 3.05) is 0 Å². The van der Waals surface area contributed by atoms with Crippen molar-refractivity contribution in [2.45, 2.75) is 84.5 Å². The molecule has 0 aliphatic heterocycles. The van der Waals surface area contributed by atoms with Crippen molar-refractivity contribution in [3.8, 4) is 0 Å². The summed E-state index contributed by atoms with van der Waals surface area (Å²) in [5, 5.41) is 0. The first-order valence-electron chi connectivity index (χ1n) is 8.80. The van der Waals surface area contributed by atoms with Crippen LogP contribution in [0.2, 0.25) is 19.6 Å². The van der Waals surface area contributed by atoms with Gasteiger partial charge < -0.3 is 4.43 Å². The summed E-state index contributed by atoms with van der Waals surface area (Å²) >= 11 is 0. The largest absolute Gasteiger partial charge is 0.408 e. The Labute approximate surface area is 132 Å². The molecule has 0 heterocycles. The van der Waals surface area contributed by atoms with Gasteiger partial charge in [-0.3, -0.25) is 0 Å². The van der Waals surface area contributed by atoms with Gasteiger partial charge in [0.05, 0.1) is 5.60 Å². The minimum atomic E-state index is -1.46. The van der Waals surface area contributed by atoms with Crippen LogP contribution in [0.15, 0.2) is 22.8 Å². The molecule has 0 unspecified atom stereocenters. The van der Waals surface area contributed by atoms with Crippen LogP contribution in [0, 0.1) is 11.3 Å². The highest BCUT2D eigenvalue weighted by Gasteiger charge is 2.51. The standard InChI is InChI=1S/C19H32OSi/c1-14(2)16-8-10-18(3)9-7-15(13-17(16)18)19(11-12-19)20-21(4,5)6/h13-14H,7-12H2,1-6H3/t18-/m0/s1. The summed E-state index contributed by atoms with van der Waals surface area (Å²) in [6.45, 7) is 14.2. The molecular weight excluding hydrogens is 272 g/mol. The van der Waals surface area contributed by atoms with Crippen LogP contribution in [0.5, 0.6) is 0 Å². The topological polar surface area (TPSA) is 9.23 Å². The van der Waals surface area contributed by atoms with E-state index in [9.17, 15) is 0 Å². The second kappa shape index (κ2) is 4.83. The highest BCUT2D eigenvalue weighted by atomic mass is 28.4. The summed E-state index contributed by atoms with van der Waals surface area (Å²) < 4.78 is 6.60. The molecule has 0 aromatic heterocycles. The molecule has 0 aromatic carbocycles. The van der Waals surface area contributed by atoms with E-state index in [0.717, 1.165) is 0 Å². The van der Waals surface area contributed by atoms with E-state index in [4.69, 9.17) is 4.43 Å². The molecule has 3 aliphatic rings. The highest BCUT2D eigenvalue weighted by molar-refractivity contribution is 6.69. The van der Waals surface area contributed by atoms with Crippen LogP contribution in [0.1, 0.15) is 59.3 Å². The number of hydrogen-bond donors (Lipinski definition) is 0. The first kappa shape index (κ1) is 15.5. The number of hydrogen-bond acceptors (Lipinski definition) is 1. The van der Waals surface area contributed by atoms with E-state index in [0.29, 0.717) is 11.3 Å². The minimum Gasteiger partial charge on any atom is -0.408 e.